The number of carbonyl (C=O) groups excluding carboxylic acids is 1. The number of nitrogens with zero attached hydrogens (tertiary/aromatic N) is 1. The van der Waals surface area contributed by atoms with E-state index in [9.17, 15) is 4.79 Å². The Bertz CT molecular complexity index is 365. The van der Waals surface area contributed by atoms with Gasteiger partial charge in [-0.3, -0.25) is 9.78 Å². The van der Waals surface area contributed by atoms with Crippen molar-refractivity contribution in [2.75, 3.05) is 33.4 Å². The van der Waals surface area contributed by atoms with E-state index >= 15 is 0 Å². The van der Waals surface area contributed by atoms with Gasteiger partial charge in [0.15, 0.2) is 0 Å². The summed E-state index contributed by atoms with van der Waals surface area (Å²) < 4.78 is 4.90. The number of amides is 1. The number of pyridine rings is 1. The van der Waals surface area contributed by atoms with Crippen molar-refractivity contribution in [3.8, 4) is 0 Å². The highest BCUT2D eigenvalue weighted by molar-refractivity contribution is 5.95. The SMILES string of the molecule is COCCNCCNC(=O)c1cccnc1C.Cl.Cl. The molecule has 5 nitrogen and oxygen atoms in total. The van der Waals surface area contributed by atoms with Gasteiger partial charge in [-0.15, -0.1) is 24.8 Å². The van der Waals surface area contributed by atoms with Gasteiger partial charge in [0.2, 0.25) is 0 Å². The molecule has 0 spiro atoms. The molecule has 1 aromatic rings. The molecule has 0 radical (unpaired) electrons. The van der Waals surface area contributed by atoms with E-state index in [2.05, 4.69) is 15.6 Å². The van der Waals surface area contributed by atoms with Crippen molar-refractivity contribution >= 4 is 30.7 Å². The number of hydrogen-bond donors (Lipinski definition) is 2. The standard InChI is InChI=1S/C12H19N3O2.2ClH/c1-10-11(4-3-5-14-10)12(16)15-7-6-13-8-9-17-2;;/h3-5,13H,6-9H2,1-2H3,(H,15,16);2*1H. The van der Waals surface area contributed by atoms with Gasteiger partial charge in [-0.05, 0) is 19.1 Å². The molecular formula is C12H21Cl2N3O2. The lowest BCUT2D eigenvalue weighted by Crippen LogP contribution is -2.33. The first-order valence-electron chi connectivity index (χ1n) is 5.65. The maximum atomic E-state index is 11.8. The quantitative estimate of drug-likeness (QED) is 0.743. The molecule has 7 heteroatoms. The Hall–Kier alpha value is -0.880. The summed E-state index contributed by atoms with van der Waals surface area (Å²) in [4.78, 5) is 15.8. The van der Waals surface area contributed by atoms with Crippen LogP contribution in [0.1, 0.15) is 16.1 Å². The van der Waals surface area contributed by atoms with Crippen LogP contribution in [0.25, 0.3) is 0 Å². The van der Waals surface area contributed by atoms with Gasteiger partial charge in [0.05, 0.1) is 12.2 Å². The van der Waals surface area contributed by atoms with Crippen molar-refractivity contribution in [3.63, 3.8) is 0 Å². The van der Waals surface area contributed by atoms with E-state index in [4.69, 9.17) is 4.74 Å². The van der Waals surface area contributed by atoms with Crippen molar-refractivity contribution in [2.45, 2.75) is 6.92 Å². The molecule has 0 aliphatic heterocycles. The number of halogens is 2. The topological polar surface area (TPSA) is 63.2 Å². The fourth-order valence-electron chi connectivity index (χ4n) is 1.38. The Kier molecular flexibility index (Phi) is 13.1. The fraction of sp³-hybridized carbons (Fsp3) is 0.500. The molecule has 1 aromatic heterocycles. The molecule has 2 N–H and O–H groups in total. The predicted octanol–water partition coefficient (Wildman–Crippen LogP) is 1.20. The van der Waals surface area contributed by atoms with Crippen LogP contribution in [-0.4, -0.2) is 44.2 Å². The van der Waals surface area contributed by atoms with Crippen LogP contribution in [0, 0.1) is 6.92 Å². The molecule has 1 heterocycles. The molecule has 0 unspecified atom stereocenters. The van der Waals surface area contributed by atoms with E-state index in [0.29, 0.717) is 18.7 Å². The molecule has 1 rings (SSSR count). The molecule has 0 bridgehead atoms. The van der Waals surface area contributed by atoms with Gasteiger partial charge in [0, 0.05) is 38.6 Å². The second-order valence-electron chi connectivity index (χ2n) is 3.64. The van der Waals surface area contributed by atoms with Crippen LogP contribution in [0.4, 0.5) is 0 Å². The van der Waals surface area contributed by atoms with E-state index in [1.807, 2.05) is 6.92 Å². The number of aryl methyl sites for hydroxylation is 1. The van der Waals surface area contributed by atoms with Gasteiger partial charge in [-0.1, -0.05) is 0 Å². The van der Waals surface area contributed by atoms with Gasteiger partial charge in [0.25, 0.3) is 5.91 Å². The monoisotopic (exact) mass is 309 g/mol. The molecule has 110 valence electrons. The van der Waals surface area contributed by atoms with Crippen LogP contribution in [-0.2, 0) is 4.74 Å². The average molecular weight is 310 g/mol. The first kappa shape index (κ1) is 20.4. The number of hydrogen-bond acceptors (Lipinski definition) is 4. The second kappa shape index (κ2) is 12.2. The largest absolute Gasteiger partial charge is 0.383 e. The molecule has 1 amide bonds. The smallest absolute Gasteiger partial charge is 0.253 e. The summed E-state index contributed by atoms with van der Waals surface area (Å²) in [5.74, 6) is -0.0795. The van der Waals surface area contributed by atoms with Crippen molar-refractivity contribution in [1.29, 1.82) is 0 Å². The third-order valence-corrected chi connectivity index (χ3v) is 2.32. The summed E-state index contributed by atoms with van der Waals surface area (Å²) in [6, 6.07) is 3.54. The Morgan fingerprint density at radius 2 is 2.05 bits per heavy atom. The van der Waals surface area contributed by atoms with E-state index in [0.717, 1.165) is 18.8 Å². The lowest BCUT2D eigenvalue weighted by Gasteiger charge is -2.07. The average Bonchev–Trinajstić information content (AvgIpc) is 2.34. The van der Waals surface area contributed by atoms with Crippen LogP contribution in [0.15, 0.2) is 18.3 Å². The Labute approximate surface area is 126 Å². The zero-order valence-corrected chi connectivity index (χ0v) is 12.8. The molecular weight excluding hydrogens is 289 g/mol. The number of nitrogens with one attached hydrogen (secondary N) is 2. The number of aromatic nitrogens is 1. The Balaban J connectivity index is 0. The normalized spacial score (nSPS) is 9.16. The first-order chi connectivity index (χ1) is 8.25. The van der Waals surface area contributed by atoms with Crippen LogP contribution in [0.3, 0.4) is 0 Å². The van der Waals surface area contributed by atoms with Crippen molar-refractivity contribution in [1.82, 2.24) is 15.6 Å². The van der Waals surface area contributed by atoms with E-state index in [-0.39, 0.29) is 30.7 Å². The maximum absolute atomic E-state index is 11.8. The van der Waals surface area contributed by atoms with Gasteiger partial charge in [-0.2, -0.15) is 0 Å². The molecule has 19 heavy (non-hydrogen) atoms. The van der Waals surface area contributed by atoms with Crippen LogP contribution in [0.5, 0.6) is 0 Å². The predicted molar refractivity (Wildman–Crippen MR) is 80.5 cm³/mol. The minimum absolute atomic E-state index is 0. The first-order valence-corrected chi connectivity index (χ1v) is 5.65. The van der Waals surface area contributed by atoms with Gasteiger partial charge in [-0.25, -0.2) is 0 Å². The number of rotatable bonds is 7. The van der Waals surface area contributed by atoms with Gasteiger partial charge in [0.1, 0.15) is 0 Å². The van der Waals surface area contributed by atoms with Crippen molar-refractivity contribution < 1.29 is 9.53 Å². The highest BCUT2D eigenvalue weighted by Gasteiger charge is 2.07. The van der Waals surface area contributed by atoms with Gasteiger partial charge >= 0.3 is 0 Å². The van der Waals surface area contributed by atoms with E-state index < -0.39 is 0 Å². The highest BCUT2D eigenvalue weighted by Crippen LogP contribution is 2.02. The third kappa shape index (κ3) is 8.00. The minimum atomic E-state index is -0.0795. The maximum Gasteiger partial charge on any atom is 0.253 e. The molecule has 0 aromatic carbocycles. The minimum Gasteiger partial charge on any atom is -0.383 e. The third-order valence-electron chi connectivity index (χ3n) is 2.32. The fourth-order valence-corrected chi connectivity index (χ4v) is 1.38. The van der Waals surface area contributed by atoms with Gasteiger partial charge < -0.3 is 15.4 Å². The zero-order valence-electron chi connectivity index (χ0n) is 11.1. The molecule has 0 fully saturated rings. The van der Waals surface area contributed by atoms with Crippen molar-refractivity contribution in [3.05, 3.63) is 29.6 Å². The summed E-state index contributed by atoms with van der Waals surface area (Å²) in [5.41, 5.74) is 1.38. The van der Waals surface area contributed by atoms with E-state index in [1.165, 1.54) is 0 Å². The summed E-state index contributed by atoms with van der Waals surface area (Å²) in [7, 11) is 1.66. The zero-order chi connectivity index (χ0) is 12.5. The Morgan fingerprint density at radius 1 is 1.32 bits per heavy atom. The molecule has 0 aliphatic carbocycles. The number of carbonyl (C=O) groups is 1. The summed E-state index contributed by atoms with van der Waals surface area (Å²) in [6.07, 6.45) is 1.68. The van der Waals surface area contributed by atoms with Crippen LogP contribution < -0.4 is 10.6 Å². The van der Waals surface area contributed by atoms with Crippen LogP contribution in [0.2, 0.25) is 0 Å². The Morgan fingerprint density at radius 3 is 2.68 bits per heavy atom. The number of ether oxygens (including phenoxy) is 1. The molecule has 0 atom stereocenters. The lowest BCUT2D eigenvalue weighted by molar-refractivity contribution is 0.0952. The molecule has 0 saturated carbocycles. The second-order valence-corrected chi connectivity index (χ2v) is 3.64. The summed E-state index contributed by atoms with van der Waals surface area (Å²) >= 11 is 0. The summed E-state index contributed by atoms with van der Waals surface area (Å²) in [6.45, 7) is 4.62. The molecule has 0 aliphatic rings. The number of methoxy groups -OCH3 is 1. The lowest BCUT2D eigenvalue weighted by atomic mass is 10.2. The molecule has 0 saturated heterocycles. The van der Waals surface area contributed by atoms with E-state index in [1.54, 1.807) is 25.4 Å². The van der Waals surface area contributed by atoms with Crippen molar-refractivity contribution in [2.24, 2.45) is 0 Å². The summed E-state index contributed by atoms with van der Waals surface area (Å²) in [5, 5.41) is 5.99. The van der Waals surface area contributed by atoms with Crippen LogP contribution >= 0.6 is 24.8 Å². The highest BCUT2D eigenvalue weighted by atomic mass is 35.5.